The molecule has 0 unspecified atom stereocenters. The zero-order chi connectivity index (χ0) is 20.1. The number of aryl methyl sites for hydroxylation is 1. The Morgan fingerprint density at radius 1 is 1.03 bits per heavy atom. The second kappa shape index (κ2) is 9.01. The van der Waals surface area contributed by atoms with Crippen LogP contribution in [-0.4, -0.2) is 34.0 Å². The van der Waals surface area contributed by atoms with Crippen LogP contribution in [-0.2, 0) is 13.1 Å². The molecule has 0 radical (unpaired) electrons. The lowest BCUT2D eigenvalue weighted by molar-refractivity contribution is 0.0946. The Morgan fingerprint density at radius 3 is 2.48 bits per heavy atom. The number of rotatable bonds is 6. The molecule has 1 aliphatic rings. The minimum atomic E-state index is -0.149. The molecular formula is C23H26N4O2. The van der Waals surface area contributed by atoms with Gasteiger partial charge in [-0.15, -0.1) is 0 Å². The van der Waals surface area contributed by atoms with E-state index in [1.54, 1.807) is 0 Å². The molecular weight excluding hydrogens is 364 g/mol. The van der Waals surface area contributed by atoms with Gasteiger partial charge in [-0.3, -0.25) is 9.69 Å². The minimum absolute atomic E-state index is 0.149. The number of hydrogen-bond donors (Lipinski definition) is 1. The third kappa shape index (κ3) is 5.09. The molecule has 1 aliphatic heterocycles. The van der Waals surface area contributed by atoms with Gasteiger partial charge in [-0.2, -0.15) is 4.98 Å². The van der Waals surface area contributed by atoms with Crippen molar-refractivity contribution in [2.45, 2.75) is 39.3 Å². The predicted molar refractivity (Wildman–Crippen MR) is 111 cm³/mol. The van der Waals surface area contributed by atoms with E-state index >= 15 is 0 Å². The molecule has 2 heterocycles. The van der Waals surface area contributed by atoms with Gasteiger partial charge in [0.15, 0.2) is 0 Å². The van der Waals surface area contributed by atoms with Gasteiger partial charge in [0.1, 0.15) is 0 Å². The van der Waals surface area contributed by atoms with Crippen LogP contribution in [0.4, 0.5) is 0 Å². The molecule has 6 nitrogen and oxygen atoms in total. The molecule has 0 saturated carbocycles. The molecule has 1 N–H and O–H groups in total. The summed E-state index contributed by atoms with van der Waals surface area (Å²) in [4.78, 5) is 19.3. The standard InChI is InChI=1S/C23H26N4O2/c1-17-5-9-19(10-6-17)22-25-21(29-26-22)15-24-23(28)20-11-7-18(8-12-20)16-27-13-3-2-4-14-27/h5-12H,2-4,13-16H2,1H3,(H,24,28). The molecule has 0 aliphatic carbocycles. The Balaban J connectivity index is 1.31. The fraction of sp³-hybridized carbons (Fsp3) is 0.348. The molecule has 3 aromatic rings. The van der Waals surface area contributed by atoms with Gasteiger partial charge < -0.3 is 9.84 Å². The number of carbonyl (C=O) groups is 1. The lowest BCUT2D eigenvalue weighted by Gasteiger charge is -2.26. The van der Waals surface area contributed by atoms with Crippen molar-refractivity contribution >= 4 is 5.91 Å². The average molecular weight is 390 g/mol. The fourth-order valence-electron chi connectivity index (χ4n) is 3.54. The smallest absolute Gasteiger partial charge is 0.251 e. The van der Waals surface area contributed by atoms with Crippen molar-refractivity contribution in [3.8, 4) is 11.4 Å². The molecule has 2 aromatic carbocycles. The van der Waals surface area contributed by atoms with Crippen molar-refractivity contribution in [2.24, 2.45) is 0 Å². The van der Waals surface area contributed by atoms with Crippen molar-refractivity contribution in [1.82, 2.24) is 20.4 Å². The van der Waals surface area contributed by atoms with Gasteiger partial charge >= 0.3 is 0 Å². The number of piperidine rings is 1. The zero-order valence-electron chi connectivity index (χ0n) is 16.7. The Hall–Kier alpha value is -2.99. The average Bonchev–Trinajstić information content (AvgIpc) is 3.23. The SMILES string of the molecule is Cc1ccc(-c2noc(CNC(=O)c3ccc(CN4CCCCC4)cc3)n2)cc1. The van der Waals surface area contributed by atoms with E-state index in [0.717, 1.165) is 25.2 Å². The Labute approximate surface area is 170 Å². The van der Waals surface area contributed by atoms with Crippen LogP contribution in [0.5, 0.6) is 0 Å². The van der Waals surface area contributed by atoms with Crippen LogP contribution in [0.3, 0.4) is 0 Å². The summed E-state index contributed by atoms with van der Waals surface area (Å²) in [6.07, 6.45) is 3.89. The molecule has 150 valence electrons. The van der Waals surface area contributed by atoms with Gasteiger partial charge in [-0.25, -0.2) is 0 Å². The van der Waals surface area contributed by atoms with E-state index < -0.39 is 0 Å². The van der Waals surface area contributed by atoms with Crippen LogP contribution in [0, 0.1) is 6.92 Å². The Morgan fingerprint density at radius 2 is 1.76 bits per heavy atom. The number of aromatic nitrogens is 2. The summed E-state index contributed by atoms with van der Waals surface area (Å²) in [5, 5.41) is 6.84. The molecule has 0 atom stereocenters. The Bertz CT molecular complexity index is 942. The van der Waals surface area contributed by atoms with E-state index in [1.165, 1.54) is 30.4 Å². The first kappa shape index (κ1) is 19.3. The van der Waals surface area contributed by atoms with Gasteiger partial charge in [-0.05, 0) is 50.6 Å². The molecule has 1 fully saturated rings. The lowest BCUT2D eigenvalue weighted by Crippen LogP contribution is -2.29. The van der Waals surface area contributed by atoms with Crippen LogP contribution in [0.25, 0.3) is 11.4 Å². The monoisotopic (exact) mass is 390 g/mol. The summed E-state index contributed by atoms with van der Waals surface area (Å²) < 4.78 is 5.26. The number of amides is 1. The molecule has 6 heteroatoms. The molecule has 29 heavy (non-hydrogen) atoms. The zero-order valence-corrected chi connectivity index (χ0v) is 16.7. The van der Waals surface area contributed by atoms with Crippen LogP contribution >= 0.6 is 0 Å². The first-order chi connectivity index (χ1) is 14.2. The second-order valence-corrected chi connectivity index (χ2v) is 7.59. The Kier molecular flexibility index (Phi) is 6.00. The minimum Gasteiger partial charge on any atom is -0.343 e. The topological polar surface area (TPSA) is 71.3 Å². The van der Waals surface area contributed by atoms with Crippen LogP contribution in [0.15, 0.2) is 53.1 Å². The maximum atomic E-state index is 12.4. The van der Waals surface area contributed by atoms with Crippen LogP contribution in [0.1, 0.15) is 46.6 Å². The molecule has 0 spiro atoms. The quantitative estimate of drug-likeness (QED) is 0.690. The fourth-order valence-corrected chi connectivity index (χ4v) is 3.54. The second-order valence-electron chi connectivity index (χ2n) is 7.59. The molecule has 0 bridgehead atoms. The van der Waals surface area contributed by atoms with Gasteiger partial charge in [0, 0.05) is 17.7 Å². The third-order valence-electron chi connectivity index (χ3n) is 5.25. The van der Waals surface area contributed by atoms with Crippen molar-refractivity contribution in [3.63, 3.8) is 0 Å². The number of likely N-dealkylation sites (tertiary alicyclic amines) is 1. The number of nitrogens with one attached hydrogen (secondary N) is 1. The van der Waals surface area contributed by atoms with Crippen molar-refractivity contribution < 1.29 is 9.32 Å². The number of carbonyl (C=O) groups excluding carboxylic acids is 1. The number of nitrogens with zero attached hydrogens (tertiary/aromatic N) is 3. The lowest BCUT2D eigenvalue weighted by atomic mass is 10.1. The highest BCUT2D eigenvalue weighted by Gasteiger charge is 2.13. The van der Waals surface area contributed by atoms with E-state index in [-0.39, 0.29) is 12.5 Å². The van der Waals surface area contributed by atoms with Crippen molar-refractivity contribution in [2.75, 3.05) is 13.1 Å². The van der Waals surface area contributed by atoms with E-state index in [1.807, 2.05) is 55.5 Å². The van der Waals surface area contributed by atoms with Gasteiger partial charge in [0.05, 0.1) is 6.54 Å². The van der Waals surface area contributed by atoms with Gasteiger partial charge in [-0.1, -0.05) is 53.5 Å². The highest BCUT2D eigenvalue weighted by Crippen LogP contribution is 2.17. The van der Waals surface area contributed by atoms with Crippen LogP contribution in [0.2, 0.25) is 0 Å². The summed E-state index contributed by atoms with van der Waals surface area (Å²) in [5.74, 6) is 0.761. The largest absolute Gasteiger partial charge is 0.343 e. The molecule has 4 rings (SSSR count). The number of benzene rings is 2. The summed E-state index contributed by atoms with van der Waals surface area (Å²) >= 11 is 0. The highest BCUT2D eigenvalue weighted by molar-refractivity contribution is 5.94. The summed E-state index contributed by atoms with van der Waals surface area (Å²) in [6, 6.07) is 15.7. The van der Waals surface area contributed by atoms with Crippen molar-refractivity contribution in [1.29, 1.82) is 0 Å². The van der Waals surface area contributed by atoms with Gasteiger partial charge in [0.2, 0.25) is 11.7 Å². The van der Waals surface area contributed by atoms with Gasteiger partial charge in [0.25, 0.3) is 5.91 Å². The number of hydrogen-bond acceptors (Lipinski definition) is 5. The van der Waals surface area contributed by atoms with Crippen molar-refractivity contribution in [3.05, 3.63) is 71.1 Å². The summed E-state index contributed by atoms with van der Waals surface area (Å²) in [7, 11) is 0. The molecule has 1 amide bonds. The maximum absolute atomic E-state index is 12.4. The van der Waals surface area contributed by atoms with E-state index in [0.29, 0.717) is 17.3 Å². The molecule has 1 aromatic heterocycles. The highest BCUT2D eigenvalue weighted by atomic mass is 16.5. The summed E-state index contributed by atoms with van der Waals surface area (Å²) in [5.41, 5.74) is 3.93. The van der Waals surface area contributed by atoms with Crippen LogP contribution < -0.4 is 5.32 Å². The normalized spacial score (nSPS) is 14.7. The maximum Gasteiger partial charge on any atom is 0.251 e. The van der Waals surface area contributed by atoms with E-state index in [4.69, 9.17) is 4.52 Å². The predicted octanol–water partition coefficient (Wildman–Crippen LogP) is 3.96. The summed E-state index contributed by atoms with van der Waals surface area (Å²) in [6.45, 7) is 5.51. The van der Waals surface area contributed by atoms with E-state index in [2.05, 4.69) is 20.4 Å². The third-order valence-corrected chi connectivity index (χ3v) is 5.25. The van der Waals surface area contributed by atoms with E-state index in [9.17, 15) is 4.79 Å². The first-order valence-corrected chi connectivity index (χ1v) is 10.2. The first-order valence-electron chi connectivity index (χ1n) is 10.2. The molecule has 1 saturated heterocycles.